The Morgan fingerprint density at radius 3 is 1.41 bits per heavy atom. The molecule has 1 N–H and O–H groups in total. The summed E-state index contributed by atoms with van der Waals surface area (Å²) in [6.07, 6.45) is 0. The Morgan fingerprint density at radius 1 is 0.656 bits per heavy atom. The van der Waals surface area contributed by atoms with E-state index in [2.05, 4.69) is 8.67 Å². The van der Waals surface area contributed by atoms with E-state index in [1.807, 2.05) is 0 Å². The molecule has 1 aliphatic rings. The summed E-state index contributed by atoms with van der Waals surface area (Å²) < 4.78 is 92.7. The van der Waals surface area contributed by atoms with Crippen LogP contribution in [0.15, 0.2) is 47.4 Å². The van der Waals surface area contributed by atoms with Crippen molar-refractivity contribution in [3.05, 3.63) is 64.7 Å². The summed E-state index contributed by atoms with van der Waals surface area (Å²) in [7, 11) is -15.0. The molecule has 2 aromatic rings. The number of fused-ring (bicyclic) bond motifs is 2. The maximum absolute atomic E-state index is 12.3. The Labute approximate surface area is 226 Å². The molecule has 32 heavy (non-hydrogen) atoms. The van der Waals surface area contributed by atoms with Crippen molar-refractivity contribution in [1.29, 1.82) is 0 Å². The molecule has 3 rings (SSSR count). The van der Waals surface area contributed by atoms with Crippen LogP contribution in [0.5, 0.6) is 0 Å². The fraction of sp³-hybridized carbons (Fsp3) is 0. The summed E-state index contributed by atoms with van der Waals surface area (Å²) >= 11 is 0. The van der Waals surface area contributed by atoms with E-state index in [4.69, 9.17) is 4.55 Å². The van der Waals surface area contributed by atoms with E-state index in [-0.39, 0.29) is 81.6 Å². The Bertz CT molecular complexity index is 1320. The molecule has 18 heteroatoms. The fourth-order valence-electron chi connectivity index (χ4n) is 2.31. The molecule has 0 radical (unpaired) electrons. The minimum absolute atomic E-state index is 0. The van der Waals surface area contributed by atoms with E-state index in [0.29, 0.717) is 5.56 Å². The number of hydrogen-bond acceptors (Lipinski definition) is 12. The average Bonchev–Trinajstić information content (AvgIpc) is 2.63. The number of hydrogen-bond donors (Lipinski definition) is 1. The number of carbonyl (C=O) groups excluding carboxylic acids is 2. The van der Waals surface area contributed by atoms with Crippen LogP contribution in [-0.2, 0) is 39.6 Å². The molecule has 1 aliphatic carbocycles. The van der Waals surface area contributed by atoms with Gasteiger partial charge in [0.05, 0.1) is 4.90 Å². The van der Waals surface area contributed by atoms with E-state index in [0.717, 1.165) is 12.1 Å². The van der Waals surface area contributed by atoms with Crippen molar-refractivity contribution in [2.24, 2.45) is 0 Å². The predicted octanol–water partition coefficient (Wildman–Crippen LogP) is -6.43. The van der Waals surface area contributed by atoms with Crippen LogP contribution in [0.1, 0.15) is 31.8 Å². The summed E-state index contributed by atoms with van der Waals surface area (Å²) in [6, 6.07) is 9.72. The van der Waals surface area contributed by atoms with Gasteiger partial charge < -0.3 is 9.11 Å². The maximum atomic E-state index is 12.3. The van der Waals surface area contributed by atoms with Gasteiger partial charge in [-0.1, -0.05) is 24.3 Å². The molecule has 0 unspecified atom stereocenters. The fourth-order valence-corrected chi connectivity index (χ4v) is 3.36. The van der Waals surface area contributed by atoms with Gasteiger partial charge in [-0.05, 0) is 18.2 Å². The second-order valence-corrected chi connectivity index (χ2v) is 8.67. The van der Waals surface area contributed by atoms with E-state index in [9.17, 15) is 43.9 Å². The minimum Gasteiger partial charge on any atom is -0.724 e. The Balaban J connectivity index is 0.000000695. The smallest absolute Gasteiger partial charge is 0.724 e. The van der Waals surface area contributed by atoms with Crippen LogP contribution in [0.4, 0.5) is 0 Å². The standard InChI is InChI=1S/C14H8O5S.2Na.H2O8S2/c15-13-9-3-1-2-4-10(9)14(16)12-7-8(20(17,18)19)5-6-11(12)13;;;1-9(2,3)7-8-10(4,5)6/h1-7H,(H,17,18,19);;;(H,1,2,3)(H,4,5,6)/q;2*+1;/p-2. The van der Waals surface area contributed by atoms with Gasteiger partial charge in [0.15, 0.2) is 11.6 Å². The Hall–Kier alpha value is -0.570. The number of ketones is 2. The van der Waals surface area contributed by atoms with Gasteiger partial charge in [0, 0.05) is 22.3 Å². The van der Waals surface area contributed by atoms with Crippen LogP contribution in [-0.4, -0.2) is 50.5 Å². The van der Waals surface area contributed by atoms with Crippen molar-refractivity contribution in [1.82, 2.24) is 0 Å². The molecule has 13 nitrogen and oxygen atoms in total. The van der Waals surface area contributed by atoms with E-state index in [1.54, 1.807) is 18.2 Å². The van der Waals surface area contributed by atoms with Gasteiger partial charge in [-0.15, -0.1) is 8.67 Å². The van der Waals surface area contributed by atoms with E-state index < -0.39 is 41.6 Å². The molecule has 0 heterocycles. The monoisotopic (exact) mass is 526 g/mol. The zero-order valence-electron chi connectivity index (χ0n) is 16.1. The zero-order chi connectivity index (χ0) is 22.9. The second-order valence-electron chi connectivity index (χ2n) is 5.34. The van der Waals surface area contributed by atoms with Crippen molar-refractivity contribution in [2.75, 3.05) is 0 Å². The number of carbonyl (C=O) groups is 2. The molecule has 0 fully saturated rings. The van der Waals surface area contributed by atoms with Crippen molar-refractivity contribution in [3.63, 3.8) is 0 Å². The van der Waals surface area contributed by atoms with Gasteiger partial charge in [0.25, 0.3) is 10.1 Å². The summed E-state index contributed by atoms with van der Waals surface area (Å²) in [6.45, 7) is 0. The normalized spacial score (nSPS) is 12.8. The topological polar surface area (TPSA) is 221 Å². The largest absolute Gasteiger partial charge is 1.00 e. The molecule has 0 atom stereocenters. The van der Waals surface area contributed by atoms with Gasteiger partial charge >= 0.3 is 59.1 Å². The quantitative estimate of drug-likeness (QED) is 0.110. The Morgan fingerprint density at radius 2 is 1.03 bits per heavy atom. The first-order chi connectivity index (χ1) is 13.6. The first-order valence-corrected chi connectivity index (χ1v) is 11.3. The van der Waals surface area contributed by atoms with Gasteiger partial charge in [-0.3, -0.25) is 14.1 Å². The van der Waals surface area contributed by atoms with Gasteiger partial charge in [-0.2, -0.15) is 8.42 Å². The molecule has 0 bridgehead atoms. The summed E-state index contributed by atoms with van der Waals surface area (Å²) in [4.78, 5) is 24.1. The first kappa shape index (κ1) is 31.4. The molecule has 0 aromatic heterocycles. The van der Waals surface area contributed by atoms with Crippen LogP contribution >= 0.6 is 0 Å². The third-order valence-electron chi connectivity index (χ3n) is 3.39. The third-order valence-corrected chi connectivity index (χ3v) is 4.79. The maximum Gasteiger partial charge on any atom is 1.00 e. The number of benzene rings is 2. The second kappa shape index (κ2) is 11.7. The first-order valence-electron chi connectivity index (χ1n) is 7.19. The molecule has 2 aromatic carbocycles. The van der Waals surface area contributed by atoms with Crippen LogP contribution in [0.3, 0.4) is 0 Å². The Kier molecular flexibility index (Phi) is 11.5. The van der Waals surface area contributed by atoms with Crippen LogP contribution < -0.4 is 59.1 Å². The minimum atomic E-state index is -5.31. The van der Waals surface area contributed by atoms with Crippen LogP contribution in [0.25, 0.3) is 0 Å². The molecule has 162 valence electrons. The van der Waals surface area contributed by atoms with E-state index >= 15 is 0 Å². The van der Waals surface area contributed by atoms with Crippen LogP contribution in [0.2, 0.25) is 0 Å². The average molecular weight is 526 g/mol. The van der Waals surface area contributed by atoms with Crippen molar-refractivity contribution >= 4 is 42.5 Å². The SMILES string of the molecule is O=C1c2ccccc2C(=O)c2cc(S(=O)(=O)O)ccc21.O=S(=O)([O-])OOS(=O)(=O)[O-].[Na+].[Na+]. The number of rotatable bonds is 4. The molecule has 0 aliphatic heterocycles. The van der Waals surface area contributed by atoms with Gasteiger partial charge in [0.2, 0.25) is 20.8 Å². The molecular weight excluding hydrogens is 518 g/mol. The molecule has 0 saturated heterocycles. The van der Waals surface area contributed by atoms with Crippen molar-refractivity contribution in [2.45, 2.75) is 4.90 Å². The molecule has 0 amide bonds. The van der Waals surface area contributed by atoms with Crippen molar-refractivity contribution in [3.8, 4) is 0 Å². The van der Waals surface area contributed by atoms with Gasteiger partial charge in [0.1, 0.15) is 0 Å². The third kappa shape index (κ3) is 8.65. The van der Waals surface area contributed by atoms with Gasteiger partial charge in [-0.25, -0.2) is 16.8 Å². The zero-order valence-corrected chi connectivity index (χ0v) is 22.6. The molecule has 0 spiro atoms. The summed E-state index contributed by atoms with van der Waals surface area (Å²) in [5.74, 6) is -0.766. The van der Waals surface area contributed by atoms with Crippen LogP contribution in [0, 0.1) is 0 Å². The molecule has 0 saturated carbocycles. The predicted molar refractivity (Wildman–Crippen MR) is 91.1 cm³/mol. The summed E-state index contributed by atoms with van der Waals surface area (Å²) in [5.41, 5.74) is 0.659. The van der Waals surface area contributed by atoms with Crippen molar-refractivity contribution < 1.29 is 116 Å². The van der Waals surface area contributed by atoms with E-state index in [1.165, 1.54) is 12.1 Å². The molecular formula is C14H8Na2O13S3. The summed E-state index contributed by atoms with van der Waals surface area (Å²) in [5, 5.41) is 0.